The normalized spacial score (nSPS) is 27.3. The first kappa shape index (κ1) is 16.4. The topological polar surface area (TPSA) is 74.6 Å². The number of rotatable bonds is 4. The van der Waals surface area contributed by atoms with E-state index in [-0.39, 0.29) is 10.8 Å². The van der Waals surface area contributed by atoms with E-state index < -0.39 is 34.1 Å². The van der Waals surface area contributed by atoms with Crippen molar-refractivity contribution in [1.29, 1.82) is 0 Å². The summed E-state index contributed by atoms with van der Waals surface area (Å²) in [6, 6.07) is 3.81. The summed E-state index contributed by atoms with van der Waals surface area (Å²) in [6.07, 6.45) is 1.33. The fraction of sp³-hybridized carbons (Fsp3) is 0.500. The molecule has 21 heavy (non-hydrogen) atoms. The maximum absolute atomic E-state index is 13.1. The van der Waals surface area contributed by atoms with Gasteiger partial charge in [-0.3, -0.25) is 9.00 Å². The molecule has 4 nitrogen and oxygen atoms in total. The number of aliphatic carboxylic acids is 1. The highest BCUT2D eigenvalue weighted by Crippen LogP contribution is 2.34. The highest BCUT2D eigenvalue weighted by molar-refractivity contribution is 7.85. The largest absolute Gasteiger partial charge is 0.481 e. The predicted octanol–water partition coefficient (Wildman–Crippen LogP) is 2.59. The second-order valence-electron chi connectivity index (χ2n) is 5.40. The lowest BCUT2D eigenvalue weighted by molar-refractivity contribution is -0.144. The van der Waals surface area contributed by atoms with E-state index in [0.29, 0.717) is 30.6 Å². The Bertz CT molecular complexity index is 570. The van der Waals surface area contributed by atoms with Crippen molar-refractivity contribution in [3.63, 3.8) is 0 Å². The number of carboxylic acid groups (broad SMARTS) is 1. The van der Waals surface area contributed by atoms with Crippen LogP contribution in [0.3, 0.4) is 0 Å². The lowest BCUT2D eigenvalue weighted by Crippen LogP contribution is -2.40. The van der Waals surface area contributed by atoms with Crippen LogP contribution < -0.4 is 0 Å². The second-order valence-corrected chi connectivity index (χ2v) is 7.26. The summed E-state index contributed by atoms with van der Waals surface area (Å²) in [5, 5.41) is 19.3. The van der Waals surface area contributed by atoms with Crippen LogP contribution in [0.15, 0.2) is 23.1 Å². The lowest BCUT2D eigenvalue weighted by Gasteiger charge is -2.34. The van der Waals surface area contributed by atoms with Crippen molar-refractivity contribution < 1.29 is 23.6 Å². The molecule has 2 rings (SSSR count). The Kier molecular flexibility index (Phi) is 5.01. The van der Waals surface area contributed by atoms with Crippen molar-refractivity contribution in [1.82, 2.24) is 0 Å². The van der Waals surface area contributed by atoms with Gasteiger partial charge in [0.1, 0.15) is 5.82 Å². The summed E-state index contributed by atoms with van der Waals surface area (Å²) < 4.78 is 25.3. The summed E-state index contributed by atoms with van der Waals surface area (Å²) in [5.41, 5.74) is -1.14. The minimum atomic E-state index is -1.51. The van der Waals surface area contributed by atoms with Gasteiger partial charge >= 0.3 is 5.97 Å². The van der Waals surface area contributed by atoms with Gasteiger partial charge in [0.15, 0.2) is 0 Å². The molecule has 0 bridgehead atoms. The highest BCUT2D eigenvalue weighted by atomic mass is 35.5. The van der Waals surface area contributed by atoms with E-state index in [0.717, 1.165) is 6.07 Å². The highest BCUT2D eigenvalue weighted by Gasteiger charge is 2.37. The number of benzene rings is 1. The van der Waals surface area contributed by atoms with Gasteiger partial charge in [-0.2, -0.15) is 0 Å². The van der Waals surface area contributed by atoms with Gasteiger partial charge in [0.2, 0.25) is 0 Å². The van der Waals surface area contributed by atoms with Crippen molar-refractivity contribution in [2.24, 2.45) is 5.92 Å². The maximum Gasteiger partial charge on any atom is 0.306 e. The third-order valence-corrected chi connectivity index (χ3v) is 5.69. The smallest absolute Gasteiger partial charge is 0.306 e. The van der Waals surface area contributed by atoms with Crippen LogP contribution in [0.1, 0.15) is 25.7 Å². The number of halogens is 2. The third-order valence-electron chi connectivity index (χ3n) is 3.82. The Morgan fingerprint density at radius 1 is 1.43 bits per heavy atom. The number of hydrogen-bond acceptors (Lipinski definition) is 3. The minimum absolute atomic E-state index is 0.00129. The van der Waals surface area contributed by atoms with Crippen molar-refractivity contribution in [3.8, 4) is 0 Å². The van der Waals surface area contributed by atoms with E-state index in [1.807, 2.05) is 0 Å². The molecule has 1 aromatic carbocycles. The molecule has 0 aromatic heterocycles. The zero-order chi connectivity index (χ0) is 15.6. The van der Waals surface area contributed by atoms with Crippen molar-refractivity contribution in [3.05, 3.63) is 29.0 Å². The Hall–Kier alpha value is -0.980. The summed E-state index contributed by atoms with van der Waals surface area (Å²) in [6.45, 7) is 0. The molecule has 0 heterocycles. The lowest BCUT2D eigenvalue weighted by atomic mass is 9.80. The van der Waals surface area contributed by atoms with Crippen LogP contribution in [0, 0.1) is 11.7 Å². The zero-order valence-corrected chi connectivity index (χ0v) is 12.8. The molecule has 2 N–H and O–H groups in total. The van der Waals surface area contributed by atoms with Crippen LogP contribution in [-0.2, 0) is 15.6 Å². The Morgan fingerprint density at radius 2 is 2.05 bits per heavy atom. The van der Waals surface area contributed by atoms with Crippen LogP contribution >= 0.6 is 11.6 Å². The summed E-state index contributed by atoms with van der Waals surface area (Å²) in [7, 11) is -1.51. The Balaban J connectivity index is 2.02. The maximum atomic E-state index is 13.1. The molecule has 1 aromatic rings. The molecule has 1 saturated carbocycles. The van der Waals surface area contributed by atoms with Crippen molar-refractivity contribution >= 4 is 28.4 Å². The number of carbonyl (C=O) groups is 1. The summed E-state index contributed by atoms with van der Waals surface area (Å²) in [4.78, 5) is 11.2. The first-order chi connectivity index (χ1) is 9.81. The van der Waals surface area contributed by atoms with E-state index >= 15 is 0 Å². The van der Waals surface area contributed by atoms with Gasteiger partial charge in [-0.05, 0) is 43.9 Å². The first-order valence-electron chi connectivity index (χ1n) is 6.59. The molecule has 116 valence electrons. The molecule has 7 heteroatoms. The molecule has 1 aliphatic carbocycles. The Labute approximate surface area is 129 Å². The molecule has 0 aliphatic heterocycles. The summed E-state index contributed by atoms with van der Waals surface area (Å²) in [5.74, 6) is -1.89. The van der Waals surface area contributed by atoms with Crippen molar-refractivity contribution in [2.45, 2.75) is 36.2 Å². The molecule has 1 fully saturated rings. The Morgan fingerprint density at radius 3 is 2.57 bits per heavy atom. The average molecular weight is 335 g/mol. The van der Waals surface area contributed by atoms with Gasteiger partial charge in [0.05, 0.1) is 33.1 Å². The molecule has 1 unspecified atom stereocenters. The fourth-order valence-corrected chi connectivity index (χ4v) is 4.15. The van der Waals surface area contributed by atoms with E-state index in [9.17, 15) is 18.5 Å². The molecular weight excluding hydrogens is 319 g/mol. The van der Waals surface area contributed by atoms with Gasteiger partial charge in [-0.15, -0.1) is 0 Å². The predicted molar refractivity (Wildman–Crippen MR) is 77.2 cm³/mol. The molecule has 1 aliphatic rings. The quantitative estimate of drug-likeness (QED) is 0.887. The molecule has 0 amide bonds. The van der Waals surface area contributed by atoms with Crippen LogP contribution in [0.5, 0.6) is 0 Å². The van der Waals surface area contributed by atoms with Gasteiger partial charge in [0.25, 0.3) is 0 Å². The number of hydrogen-bond donors (Lipinski definition) is 2. The van der Waals surface area contributed by atoms with E-state index in [4.69, 9.17) is 16.7 Å². The second kappa shape index (κ2) is 6.42. The molecule has 0 saturated heterocycles. The van der Waals surface area contributed by atoms with Gasteiger partial charge in [-0.25, -0.2) is 4.39 Å². The molecule has 0 spiro atoms. The van der Waals surface area contributed by atoms with Gasteiger partial charge in [-0.1, -0.05) is 11.6 Å². The van der Waals surface area contributed by atoms with E-state index in [1.54, 1.807) is 0 Å². The zero-order valence-electron chi connectivity index (χ0n) is 11.2. The molecule has 1 atom stereocenters. The van der Waals surface area contributed by atoms with Crippen LogP contribution in [-0.4, -0.2) is 31.7 Å². The number of carboxylic acids is 1. The molecule has 0 radical (unpaired) electrons. The van der Waals surface area contributed by atoms with E-state index in [2.05, 4.69) is 0 Å². The van der Waals surface area contributed by atoms with E-state index in [1.165, 1.54) is 12.1 Å². The van der Waals surface area contributed by atoms with Crippen molar-refractivity contribution in [2.75, 3.05) is 5.75 Å². The van der Waals surface area contributed by atoms with Gasteiger partial charge < -0.3 is 10.2 Å². The minimum Gasteiger partial charge on any atom is -0.481 e. The van der Waals surface area contributed by atoms with Gasteiger partial charge in [0, 0.05) is 4.90 Å². The van der Waals surface area contributed by atoms with Crippen LogP contribution in [0.25, 0.3) is 0 Å². The first-order valence-corrected chi connectivity index (χ1v) is 8.29. The third kappa shape index (κ3) is 4.02. The fourth-order valence-electron chi connectivity index (χ4n) is 2.49. The SMILES string of the molecule is O=C(O)C1CCC(O)(CS(=O)c2ccc(F)c(Cl)c2)CC1. The average Bonchev–Trinajstić information content (AvgIpc) is 2.41. The van der Waals surface area contributed by atoms with Crippen LogP contribution in [0.2, 0.25) is 5.02 Å². The monoisotopic (exact) mass is 334 g/mol. The number of aliphatic hydroxyl groups is 1. The standard InChI is InChI=1S/C14H16ClFO4S/c15-11-7-10(1-2-12(11)16)21(20)8-14(19)5-3-9(4-6-14)13(17)18/h1-2,7,9,19H,3-6,8H2,(H,17,18). The summed E-state index contributed by atoms with van der Waals surface area (Å²) >= 11 is 5.65. The molecular formula is C14H16ClFO4S. The van der Waals surface area contributed by atoms with Crippen LogP contribution in [0.4, 0.5) is 4.39 Å².